The molecule has 8 heteroatoms. The van der Waals surface area contributed by atoms with Crippen LogP contribution in [-0.2, 0) is 0 Å². The Labute approximate surface area is 182 Å². The molecule has 6 nitrogen and oxygen atoms in total. The van der Waals surface area contributed by atoms with E-state index in [4.69, 9.17) is 23.2 Å². The molecule has 0 aliphatic carbocycles. The maximum absolute atomic E-state index is 12.9. The average Bonchev–Trinajstić information content (AvgIpc) is 3.27. The summed E-state index contributed by atoms with van der Waals surface area (Å²) in [5, 5.41) is 3.94. The number of anilines is 1. The fourth-order valence-corrected chi connectivity index (χ4v) is 4.14. The van der Waals surface area contributed by atoms with E-state index in [9.17, 15) is 4.79 Å². The van der Waals surface area contributed by atoms with E-state index in [0.717, 1.165) is 44.6 Å². The lowest BCUT2D eigenvalue weighted by Crippen LogP contribution is -2.38. The molecule has 156 valence electrons. The highest BCUT2D eigenvalue weighted by atomic mass is 35.5. The topological polar surface area (TPSA) is 61.4 Å². The number of likely N-dealkylation sites (N-methyl/N-ethyl adjacent to an activating group) is 1. The van der Waals surface area contributed by atoms with Crippen LogP contribution < -0.4 is 10.2 Å². The highest BCUT2D eigenvalue weighted by molar-refractivity contribution is 6.33. The molecule has 1 aromatic carbocycles. The van der Waals surface area contributed by atoms with Gasteiger partial charge in [0.2, 0.25) is 5.95 Å². The molecule has 1 aliphatic heterocycles. The van der Waals surface area contributed by atoms with E-state index < -0.39 is 0 Å². The maximum atomic E-state index is 12.9. The molecule has 1 fully saturated rings. The van der Waals surface area contributed by atoms with Crippen molar-refractivity contribution in [2.45, 2.75) is 32.7 Å². The van der Waals surface area contributed by atoms with Crippen LogP contribution in [0.15, 0.2) is 30.5 Å². The molecule has 1 saturated heterocycles. The van der Waals surface area contributed by atoms with Gasteiger partial charge in [0.15, 0.2) is 5.69 Å². The van der Waals surface area contributed by atoms with Crippen LogP contribution in [0, 0.1) is 0 Å². The van der Waals surface area contributed by atoms with Gasteiger partial charge in [-0.25, -0.2) is 9.97 Å². The average molecular weight is 436 g/mol. The van der Waals surface area contributed by atoms with Crippen molar-refractivity contribution >= 4 is 35.1 Å². The molecule has 1 atom stereocenters. The van der Waals surface area contributed by atoms with Crippen LogP contribution in [0.2, 0.25) is 10.0 Å². The monoisotopic (exact) mass is 435 g/mol. The Hall–Kier alpha value is -1.89. The lowest BCUT2D eigenvalue weighted by Gasteiger charge is -2.31. The van der Waals surface area contributed by atoms with Gasteiger partial charge in [-0.1, -0.05) is 55.2 Å². The van der Waals surface area contributed by atoms with Crippen LogP contribution in [0.25, 0.3) is 0 Å². The van der Waals surface area contributed by atoms with Crippen molar-refractivity contribution in [3.8, 4) is 0 Å². The van der Waals surface area contributed by atoms with Gasteiger partial charge in [-0.2, -0.15) is 0 Å². The van der Waals surface area contributed by atoms with Crippen molar-refractivity contribution in [2.24, 2.45) is 0 Å². The van der Waals surface area contributed by atoms with Gasteiger partial charge in [0, 0.05) is 24.7 Å². The first-order chi connectivity index (χ1) is 14.0. The van der Waals surface area contributed by atoms with Crippen LogP contribution >= 0.6 is 23.2 Å². The van der Waals surface area contributed by atoms with Crippen LogP contribution in [0.4, 0.5) is 5.95 Å². The Morgan fingerprint density at radius 1 is 1.17 bits per heavy atom. The summed E-state index contributed by atoms with van der Waals surface area (Å²) in [6, 6.07) is 7.70. The van der Waals surface area contributed by atoms with E-state index in [0.29, 0.717) is 17.5 Å². The van der Waals surface area contributed by atoms with Crippen molar-refractivity contribution < 1.29 is 4.79 Å². The highest BCUT2D eigenvalue weighted by Gasteiger charge is 2.23. The molecule has 1 N–H and O–H groups in total. The number of carbonyl (C=O) groups excluding carboxylic acids is 1. The fourth-order valence-electron chi connectivity index (χ4n) is 3.71. The molecular formula is C21H27Cl2N5O. The quantitative estimate of drug-likeness (QED) is 0.672. The molecule has 29 heavy (non-hydrogen) atoms. The molecule has 0 spiro atoms. The number of hydrogen-bond acceptors (Lipinski definition) is 5. The second kappa shape index (κ2) is 10.2. The molecule has 0 bridgehead atoms. The maximum Gasteiger partial charge on any atom is 0.271 e. The third kappa shape index (κ3) is 5.18. The Kier molecular flexibility index (Phi) is 7.70. The lowest BCUT2D eigenvalue weighted by molar-refractivity contribution is 0.0930. The van der Waals surface area contributed by atoms with Gasteiger partial charge in [-0.3, -0.25) is 9.69 Å². The normalized spacial score (nSPS) is 15.0. The largest absolute Gasteiger partial charge is 0.349 e. The van der Waals surface area contributed by atoms with Crippen molar-refractivity contribution in [3.63, 3.8) is 0 Å². The van der Waals surface area contributed by atoms with E-state index >= 15 is 0 Å². The van der Waals surface area contributed by atoms with Gasteiger partial charge in [-0.05, 0) is 37.6 Å². The van der Waals surface area contributed by atoms with Gasteiger partial charge in [-0.15, -0.1) is 0 Å². The van der Waals surface area contributed by atoms with Crippen LogP contribution in [-0.4, -0.2) is 53.5 Å². The van der Waals surface area contributed by atoms with E-state index in [-0.39, 0.29) is 22.7 Å². The Morgan fingerprint density at radius 2 is 1.86 bits per heavy atom. The fraction of sp³-hybridized carbons (Fsp3) is 0.476. The first kappa shape index (κ1) is 21.8. The summed E-state index contributed by atoms with van der Waals surface area (Å²) >= 11 is 12.7. The minimum atomic E-state index is -0.304. The molecule has 1 aromatic heterocycles. The first-order valence-electron chi connectivity index (χ1n) is 10.1. The van der Waals surface area contributed by atoms with Gasteiger partial charge in [0.1, 0.15) is 0 Å². The molecule has 2 heterocycles. The number of carbonyl (C=O) groups is 1. The zero-order chi connectivity index (χ0) is 20.8. The molecule has 3 rings (SSSR count). The number of hydrogen-bond donors (Lipinski definition) is 1. The second-order valence-corrected chi connectivity index (χ2v) is 7.84. The van der Waals surface area contributed by atoms with Gasteiger partial charge in [0.05, 0.1) is 17.3 Å². The summed E-state index contributed by atoms with van der Waals surface area (Å²) in [6.45, 7) is 8.09. The molecular weight excluding hydrogens is 409 g/mol. The lowest BCUT2D eigenvalue weighted by atomic mass is 10.0. The zero-order valence-corrected chi connectivity index (χ0v) is 18.4. The SMILES string of the molecule is CCN(CC)C(CNC(=O)c1nc(N2CCCC2)ncc1Cl)c1ccccc1Cl. The predicted molar refractivity (Wildman–Crippen MR) is 118 cm³/mol. The Balaban J connectivity index is 1.78. The summed E-state index contributed by atoms with van der Waals surface area (Å²) in [7, 11) is 0. The third-order valence-electron chi connectivity index (χ3n) is 5.31. The van der Waals surface area contributed by atoms with E-state index in [1.54, 1.807) is 0 Å². The van der Waals surface area contributed by atoms with Crippen molar-refractivity contribution in [1.29, 1.82) is 0 Å². The molecule has 1 aliphatic rings. The standard InChI is InChI=1S/C21H27Cl2N5O/c1-3-27(4-2)18(15-9-5-6-10-16(15)22)14-24-20(29)19-17(23)13-25-21(26-19)28-11-7-8-12-28/h5-6,9-10,13,18H,3-4,7-8,11-12,14H2,1-2H3,(H,24,29). The van der Waals surface area contributed by atoms with Crippen molar-refractivity contribution in [3.05, 3.63) is 51.8 Å². The third-order valence-corrected chi connectivity index (χ3v) is 5.93. The second-order valence-electron chi connectivity index (χ2n) is 7.03. The van der Waals surface area contributed by atoms with E-state index in [1.807, 2.05) is 24.3 Å². The number of rotatable bonds is 8. The number of nitrogens with one attached hydrogen (secondary N) is 1. The smallest absolute Gasteiger partial charge is 0.271 e. The van der Waals surface area contributed by atoms with E-state index in [2.05, 4.69) is 38.9 Å². The Morgan fingerprint density at radius 3 is 2.52 bits per heavy atom. The van der Waals surface area contributed by atoms with Gasteiger partial charge >= 0.3 is 0 Å². The number of nitrogens with zero attached hydrogens (tertiary/aromatic N) is 4. The number of benzene rings is 1. The molecule has 0 radical (unpaired) electrons. The summed E-state index contributed by atoms with van der Waals surface area (Å²) in [6.07, 6.45) is 3.72. The summed E-state index contributed by atoms with van der Waals surface area (Å²) in [5.41, 5.74) is 1.20. The first-order valence-corrected chi connectivity index (χ1v) is 10.8. The van der Waals surface area contributed by atoms with Crippen LogP contribution in [0.1, 0.15) is 48.8 Å². The summed E-state index contributed by atoms with van der Waals surface area (Å²) in [4.78, 5) is 26.0. The molecule has 2 aromatic rings. The highest BCUT2D eigenvalue weighted by Crippen LogP contribution is 2.27. The number of halogens is 2. The van der Waals surface area contributed by atoms with E-state index in [1.165, 1.54) is 6.20 Å². The zero-order valence-electron chi connectivity index (χ0n) is 16.9. The predicted octanol–water partition coefficient (Wildman–Crippen LogP) is 4.20. The summed E-state index contributed by atoms with van der Waals surface area (Å²) < 4.78 is 0. The summed E-state index contributed by atoms with van der Waals surface area (Å²) in [5.74, 6) is 0.255. The van der Waals surface area contributed by atoms with Crippen LogP contribution in [0.3, 0.4) is 0 Å². The Bertz CT molecular complexity index is 838. The van der Waals surface area contributed by atoms with Crippen LogP contribution in [0.5, 0.6) is 0 Å². The number of aromatic nitrogens is 2. The number of amides is 1. The molecule has 1 amide bonds. The molecule has 1 unspecified atom stereocenters. The van der Waals surface area contributed by atoms with Crippen molar-refractivity contribution in [1.82, 2.24) is 20.2 Å². The minimum Gasteiger partial charge on any atom is -0.349 e. The van der Waals surface area contributed by atoms with Gasteiger partial charge < -0.3 is 10.2 Å². The minimum absolute atomic E-state index is 0.0404. The molecule has 0 saturated carbocycles. The van der Waals surface area contributed by atoms with Gasteiger partial charge in [0.25, 0.3) is 5.91 Å². The van der Waals surface area contributed by atoms with Crippen molar-refractivity contribution in [2.75, 3.05) is 37.6 Å².